The summed E-state index contributed by atoms with van der Waals surface area (Å²) in [5, 5.41) is 9.81. The van der Waals surface area contributed by atoms with Crippen LogP contribution in [0.15, 0.2) is 23.8 Å². The second kappa shape index (κ2) is 9.92. The van der Waals surface area contributed by atoms with Crippen LogP contribution in [0.1, 0.15) is 72.1 Å². The fraction of sp³-hybridized carbons (Fsp3) is 0.750. The third kappa shape index (κ3) is 5.50. The molecule has 0 unspecified atom stereocenters. The highest BCUT2D eigenvalue weighted by atomic mass is 16.5. The molecule has 7 atom stereocenters. The molecule has 3 rings (SSSR count). The van der Waals surface area contributed by atoms with E-state index in [1.807, 2.05) is 13.8 Å². The Morgan fingerprint density at radius 3 is 2.90 bits per heavy atom. The van der Waals surface area contributed by atoms with Crippen LogP contribution in [-0.4, -0.2) is 35.4 Å². The van der Waals surface area contributed by atoms with Crippen molar-refractivity contribution in [2.75, 3.05) is 0 Å². The van der Waals surface area contributed by atoms with Crippen molar-refractivity contribution in [1.82, 2.24) is 0 Å². The number of aliphatic hydroxyl groups excluding tert-OH is 1. The first-order chi connectivity index (χ1) is 13.9. The van der Waals surface area contributed by atoms with Gasteiger partial charge in [0, 0.05) is 12.3 Å². The molecule has 1 saturated heterocycles. The molecule has 0 bridgehead atoms. The highest BCUT2D eigenvalue weighted by molar-refractivity contribution is 5.72. The van der Waals surface area contributed by atoms with Gasteiger partial charge in [-0.05, 0) is 55.9 Å². The summed E-state index contributed by atoms with van der Waals surface area (Å²) in [5.74, 6) is 0.633. The largest absolute Gasteiger partial charge is 0.462 e. The summed E-state index contributed by atoms with van der Waals surface area (Å²) in [5.41, 5.74) is 1.31. The molecule has 0 radical (unpaired) electrons. The molecule has 5 nitrogen and oxygen atoms in total. The van der Waals surface area contributed by atoms with Crippen LogP contribution in [0, 0.1) is 23.7 Å². The summed E-state index contributed by atoms with van der Waals surface area (Å²) in [6.45, 7) is 6.19. The number of allylic oxidation sites excluding steroid dienone is 3. The monoisotopic (exact) mass is 404 g/mol. The Balaban J connectivity index is 1.63. The molecule has 1 heterocycles. The van der Waals surface area contributed by atoms with Crippen molar-refractivity contribution < 1.29 is 24.2 Å². The van der Waals surface area contributed by atoms with Crippen molar-refractivity contribution in [1.29, 1.82) is 0 Å². The van der Waals surface area contributed by atoms with Gasteiger partial charge in [-0.3, -0.25) is 9.59 Å². The van der Waals surface area contributed by atoms with E-state index in [1.165, 1.54) is 5.57 Å². The quantitative estimate of drug-likeness (QED) is 0.639. The van der Waals surface area contributed by atoms with Gasteiger partial charge < -0.3 is 14.6 Å². The van der Waals surface area contributed by atoms with Gasteiger partial charge in [0.15, 0.2) is 0 Å². The van der Waals surface area contributed by atoms with Crippen molar-refractivity contribution >= 4 is 11.9 Å². The maximum atomic E-state index is 12.5. The third-order valence-electron chi connectivity index (χ3n) is 6.93. The number of hydrogen-bond acceptors (Lipinski definition) is 5. The van der Waals surface area contributed by atoms with Gasteiger partial charge in [-0.25, -0.2) is 0 Å². The Morgan fingerprint density at radius 1 is 1.38 bits per heavy atom. The summed E-state index contributed by atoms with van der Waals surface area (Å²) in [6, 6.07) is 0. The number of carbonyl (C=O) groups is 2. The summed E-state index contributed by atoms with van der Waals surface area (Å²) < 4.78 is 11.4. The van der Waals surface area contributed by atoms with E-state index in [0.29, 0.717) is 18.3 Å². The zero-order valence-electron chi connectivity index (χ0n) is 18.0. The van der Waals surface area contributed by atoms with E-state index in [0.717, 1.165) is 38.5 Å². The summed E-state index contributed by atoms with van der Waals surface area (Å²) in [6.07, 6.45) is 12.0. The highest BCUT2D eigenvalue weighted by Crippen LogP contribution is 2.44. The lowest BCUT2D eigenvalue weighted by molar-refractivity contribution is -0.160. The van der Waals surface area contributed by atoms with Crippen LogP contribution in [0.3, 0.4) is 0 Å². The zero-order chi connectivity index (χ0) is 21.0. The molecule has 3 aliphatic rings. The Bertz CT molecular complexity index is 652. The van der Waals surface area contributed by atoms with Gasteiger partial charge in [-0.15, -0.1) is 0 Å². The number of ether oxygens (including phenoxy) is 2. The van der Waals surface area contributed by atoms with Gasteiger partial charge >= 0.3 is 11.9 Å². The number of rotatable bonds is 7. The summed E-state index contributed by atoms with van der Waals surface area (Å²) >= 11 is 0. The molecule has 0 aromatic heterocycles. The minimum absolute atomic E-state index is 0.0526. The van der Waals surface area contributed by atoms with Crippen molar-refractivity contribution in [2.45, 2.75) is 90.4 Å². The van der Waals surface area contributed by atoms with E-state index < -0.39 is 6.10 Å². The normalized spacial score (nSPS) is 35.3. The van der Waals surface area contributed by atoms with E-state index >= 15 is 0 Å². The number of cyclic esters (lactones) is 1. The first-order valence-electron chi connectivity index (χ1n) is 11.3. The van der Waals surface area contributed by atoms with Crippen molar-refractivity contribution in [3.8, 4) is 0 Å². The number of aliphatic hydroxyl groups is 1. The molecule has 0 amide bonds. The maximum Gasteiger partial charge on any atom is 0.308 e. The fourth-order valence-electron chi connectivity index (χ4n) is 5.01. The van der Waals surface area contributed by atoms with Crippen LogP contribution >= 0.6 is 0 Å². The lowest BCUT2D eigenvalue weighted by Crippen LogP contribution is -2.40. The second-order valence-electron chi connectivity index (χ2n) is 9.11. The van der Waals surface area contributed by atoms with Gasteiger partial charge in [-0.1, -0.05) is 39.0 Å². The number of carbonyl (C=O) groups excluding carboxylic acids is 2. The predicted octanol–water partition coefficient (Wildman–Crippen LogP) is 4.34. The Morgan fingerprint density at radius 2 is 2.17 bits per heavy atom. The van der Waals surface area contributed by atoms with Gasteiger partial charge in [-0.2, -0.15) is 0 Å². The molecular formula is C24H36O5. The first kappa shape index (κ1) is 22.1. The first-order valence-corrected chi connectivity index (χ1v) is 11.3. The average Bonchev–Trinajstić information content (AvgIpc) is 2.68. The molecular weight excluding hydrogens is 368 g/mol. The minimum atomic E-state index is -0.574. The summed E-state index contributed by atoms with van der Waals surface area (Å²) in [7, 11) is 0. The number of esters is 2. The average molecular weight is 405 g/mol. The van der Waals surface area contributed by atoms with Crippen LogP contribution in [-0.2, 0) is 19.1 Å². The molecule has 0 spiro atoms. The van der Waals surface area contributed by atoms with E-state index in [-0.39, 0.29) is 42.4 Å². The minimum Gasteiger partial charge on any atom is -0.462 e. The highest BCUT2D eigenvalue weighted by Gasteiger charge is 2.40. The molecule has 0 aromatic carbocycles. The molecule has 5 heteroatoms. The van der Waals surface area contributed by atoms with Crippen molar-refractivity contribution in [3.63, 3.8) is 0 Å². The summed E-state index contributed by atoms with van der Waals surface area (Å²) in [4.78, 5) is 24.0. The van der Waals surface area contributed by atoms with Gasteiger partial charge in [0.2, 0.25) is 0 Å². The van der Waals surface area contributed by atoms with Crippen LogP contribution in [0.5, 0.6) is 0 Å². The fourth-order valence-corrected chi connectivity index (χ4v) is 5.01. The standard InChI is InChI=1S/C24H36O5/c1-4-15(2)24(27)29-21-10-5-7-17-12-11-16(3)20(23(17)21)9-6-8-19-13-18(25)14-22(26)28-19/h7,11-12,15-16,18-21,23,25H,4-6,8-10,13-14H2,1-3H3/t15-,16-,18+,19+,20-,21-,23-/m0/s1. The molecule has 1 N–H and O–H groups in total. The Labute approximate surface area is 174 Å². The van der Waals surface area contributed by atoms with Crippen LogP contribution in [0.25, 0.3) is 0 Å². The van der Waals surface area contributed by atoms with Crippen LogP contribution in [0.4, 0.5) is 0 Å². The van der Waals surface area contributed by atoms with Gasteiger partial charge in [0.25, 0.3) is 0 Å². The van der Waals surface area contributed by atoms with Crippen molar-refractivity contribution in [2.24, 2.45) is 23.7 Å². The van der Waals surface area contributed by atoms with E-state index in [2.05, 4.69) is 25.2 Å². The van der Waals surface area contributed by atoms with Crippen LogP contribution < -0.4 is 0 Å². The SMILES string of the molecule is CC[C@H](C)C(=O)O[C@H]1CCC=C2C=C[C@H](C)[C@H](CCC[C@@H]3C[C@@H](O)CC(=O)O3)[C@H]21. The predicted molar refractivity (Wildman–Crippen MR) is 111 cm³/mol. The molecule has 0 saturated carbocycles. The van der Waals surface area contributed by atoms with Crippen LogP contribution in [0.2, 0.25) is 0 Å². The van der Waals surface area contributed by atoms with E-state index in [1.54, 1.807) is 0 Å². The molecule has 29 heavy (non-hydrogen) atoms. The Hall–Kier alpha value is -1.62. The number of fused-ring (bicyclic) bond motifs is 1. The molecule has 1 fully saturated rings. The molecule has 1 aliphatic heterocycles. The Kier molecular flexibility index (Phi) is 7.55. The second-order valence-corrected chi connectivity index (χ2v) is 9.11. The lowest BCUT2D eigenvalue weighted by atomic mass is 9.66. The smallest absolute Gasteiger partial charge is 0.308 e. The van der Waals surface area contributed by atoms with Gasteiger partial charge in [0.1, 0.15) is 12.2 Å². The lowest BCUT2D eigenvalue weighted by Gasteiger charge is -2.42. The zero-order valence-corrected chi connectivity index (χ0v) is 18.0. The van der Waals surface area contributed by atoms with E-state index in [9.17, 15) is 14.7 Å². The van der Waals surface area contributed by atoms with E-state index in [4.69, 9.17) is 9.47 Å². The molecule has 2 aliphatic carbocycles. The maximum absolute atomic E-state index is 12.5. The third-order valence-corrected chi connectivity index (χ3v) is 6.93. The number of hydrogen-bond donors (Lipinski definition) is 1. The van der Waals surface area contributed by atoms with Gasteiger partial charge in [0.05, 0.1) is 18.4 Å². The topological polar surface area (TPSA) is 72.8 Å². The van der Waals surface area contributed by atoms with Crippen molar-refractivity contribution in [3.05, 3.63) is 23.8 Å². The molecule has 162 valence electrons. The molecule has 0 aromatic rings.